The number of non-ortho nitro benzene ring substituents is 1. The summed E-state index contributed by atoms with van der Waals surface area (Å²) in [6.07, 6.45) is 1.56. The molecule has 0 saturated carbocycles. The zero-order valence-electron chi connectivity index (χ0n) is 13.0. The van der Waals surface area contributed by atoms with Crippen molar-refractivity contribution in [2.24, 2.45) is 4.99 Å². The zero-order valence-corrected chi connectivity index (χ0v) is 14.6. The molecule has 0 radical (unpaired) electrons. The van der Waals surface area contributed by atoms with Crippen LogP contribution < -0.4 is 9.47 Å². The van der Waals surface area contributed by atoms with Crippen molar-refractivity contribution in [1.29, 1.82) is 0 Å². The minimum atomic E-state index is -0.608. The molecule has 0 amide bonds. The standard InChI is InChI=1S/C17H9BrN2O6/c18-12-7-15-14(24-8-25-15)6-10(12)5-13-17(21)26-16(19-13)9-1-3-11(4-2-9)20(22)23/h1-7H,8H2. The Balaban J connectivity index is 1.66. The quantitative estimate of drug-likeness (QED) is 0.328. The molecule has 0 unspecified atom stereocenters. The molecule has 26 heavy (non-hydrogen) atoms. The number of halogens is 1. The van der Waals surface area contributed by atoms with Crippen molar-refractivity contribution in [2.75, 3.05) is 6.79 Å². The fraction of sp³-hybridized carbons (Fsp3) is 0.0588. The monoisotopic (exact) mass is 416 g/mol. The van der Waals surface area contributed by atoms with Crippen LogP contribution in [-0.4, -0.2) is 23.6 Å². The van der Waals surface area contributed by atoms with E-state index in [2.05, 4.69) is 20.9 Å². The number of carbonyl (C=O) groups excluding carboxylic acids is 1. The molecule has 2 aliphatic heterocycles. The van der Waals surface area contributed by atoms with Crippen molar-refractivity contribution in [3.63, 3.8) is 0 Å². The van der Waals surface area contributed by atoms with Gasteiger partial charge in [0.1, 0.15) is 0 Å². The number of hydrogen-bond donors (Lipinski definition) is 0. The van der Waals surface area contributed by atoms with E-state index in [9.17, 15) is 14.9 Å². The van der Waals surface area contributed by atoms with Crippen molar-refractivity contribution in [3.8, 4) is 11.5 Å². The molecule has 0 saturated heterocycles. The van der Waals surface area contributed by atoms with Gasteiger partial charge in [0, 0.05) is 22.2 Å². The molecule has 0 aromatic heterocycles. The number of esters is 1. The minimum absolute atomic E-state index is 0.0567. The van der Waals surface area contributed by atoms with Crippen LogP contribution in [0.1, 0.15) is 11.1 Å². The lowest BCUT2D eigenvalue weighted by Crippen LogP contribution is -2.05. The lowest BCUT2D eigenvalue weighted by atomic mass is 10.1. The Morgan fingerprint density at radius 2 is 1.85 bits per heavy atom. The first-order chi connectivity index (χ1) is 12.5. The van der Waals surface area contributed by atoms with Gasteiger partial charge < -0.3 is 14.2 Å². The van der Waals surface area contributed by atoms with Crippen molar-refractivity contribution in [2.45, 2.75) is 0 Å². The van der Waals surface area contributed by atoms with Gasteiger partial charge in [-0.3, -0.25) is 10.1 Å². The largest absolute Gasteiger partial charge is 0.454 e. The van der Waals surface area contributed by atoms with E-state index in [0.717, 1.165) is 0 Å². The number of nitrogens with zero attached hydrogens (tertiary/aromatic N) is 2. The number of benzene rings is 2. The number of fused-ring (bicyclic) bond motifs is 1. The molecule has 0 bridgehead atoms. The molecule has 0 N–H and O–H groups in total. The number of cyclic esters (lactones) is 1. The molecule has 0 spiro atoms. The van der Waals surface area contributed by atoms with Gasteiger partial charge >= 0.3 is 5.97 Å². The van der Waals surface area contributed by atoms with Crippen LogP contribution in [0.4, 0.5) is 5.69 Å². The van der Waals surface area contributed by atoms with E-state index < -0.39 is 10.9 Å². The fourth-order valence-electron chi connectivity index (χ4n) is 2.45. The maximum absolute atomic E-state index is 12.1. The second-order valence-electron chi connectivity index (χ2n) is 5.37. The molecule has 2 heterocycles. The molecule has 0 aliphatic carbocycles. The van der Waals surface area contributed by atoms with Gasteiger partial charge in [0.25, 0.3) is 5.69 Å². The number of carbonyl (C=O) groups is 1. The SMILES string of the molecule is O=C1OC(c2ccc([N+](=O)[O-])cc2)=NC1=Cc1cc2c(cc1Br)OCO2. The van der Waals surface area contributed by atoms with E-state index in [1.807, 2.05) is 0 Å². The number of ether oxygens (including phenoxy) is 3. The van der Waals surface area contributed by atoms with Crippen LogP contribution in [0.15, 0.2) is 51.6 Å². The Morgan fingerprint density at radius 1 is 1.15 bits per heavy atom. The number of nitro groups is 1. The highest BCUT2D eigenvalue weighted by Crippen LogP contribution is 2.38. The summed E-state index contributed by atoms with van der Waals surface area (Å²) in [5, 5.41) is 10.7. The Bertz CT molecular complexity index is 997. The molecule has 8 nitrogen and oxygen atoms in total. The third-order valence-electron chi connectivity index (χ3n) is 3.73. The third kappa shape index (κ3) is 2.93. The van der Waals surface area contributed by atoms with Gasteiger partial charge in [-0.2, -0.15) is 0 Å². The second-order valence-corrected chi connectivity index (χ2v) is 6.22. The van der Waals surface area contributed by atoms with Crippen LogP contribution in [0.3, 0.4) is 0 Å². The number of nitro benzene ring substituents is 1. The van der Waals surface area contributed by atoms with Gasteiger partial charge in [-0.25, -0.2) is 9.79 Å². The van der Waals surface area contributed by atoms with Gasteiger partial charge in [0.15, 0.2) is 17.2 Å². The second kappa shape index (κ2) is 6.26. The van der Waals surface area contributed by atoms with E-state index in [1.165, 1.54) is 24.3 Å². The van der Waals surface area contributed by atoms with Crippen LogP contribution in [0.25, 0.3) is 6.08 Å². The normalized spacial score (nSPS) is 16.6. The van der Waals surface area contributed by atoms with E-state index in [-0.39, 0.29) is 24.1 Å². The number of hydrogen-bond acceptors (Lipinski definition) is 7. The topological polar surface area (TPSA) is 100 Å². The molecule has 0 atom stereocenters. The van der Waals surface area contributed by atoms with E-state index in [0.29, 0.717) is 27.1 Å². The number of rotatable bonds is 3. The van der Waals surface area contributed by atoms with Crippen molar-refractivity contribution < 1.29 is 23.9 Å². The van der Waals surface area contributed by atoms with E-state index >= 15 is 0 Å². The maximum Gasteiger partial charge on any atom is 0.363 e. The summed E-state index contributed by atoms with van der Waals surface area (Å²) in [5.74, 6) is 0.671. The lowest BCUT2D eigenvalue weighted by Gasteiger charge is -2.02. The lowest BCUT2D eigenvalue weighted by molar-refractivity contribution is -0.384. The summed E-state index contributed by atoms with van der Waals surface area (Å²) < 4.78 is 16.5. The van der Waals surface area contributed by atoms with Gasteiger partial charge in [0.05, 0.1) is 4.92 Å². The number of aliphatic imine (C=N–C) groups is 1. The smallest absolute Gasteiger partial charge is 0.363 e. The molecule has 130 valence electrons. The summed E-state index contributed by atoms with van der Waals surface area (Å²) in [6, 6.07) is 9.07. The first-order valence-electron chi connectivity index (χ1n) is 7.38. The van der Waals surface area contributed by atoms with Gasteiger partial charge in [0.2, 0.25) is 12.7 Å². The molecule has 2 aromatic rings. The highest BCUT2D eigenvalue weighted by molar-refractivity contribution is 9.10. The first kappa shape index (κ1) is 16.3. The molecule has 0 fully saturated rings. The summed E-state index contributed by atoms with van der Waals surface area (Å²) >= 11 is 3.41. The van der Waals surface area contributed by atoms with Gasteiger partial charge in [-0.1, -0.05) is 15.9 Å². The Labute approximate surface area is 155 Å². The van der Waals surface area contributed by atoms with Gasteiger partial charge in [-0.15, -0.1) is 0 Å². The third-order valence-corrected chi connectivity index (χ3v) is 4.42. The van der Waals surface area contributed by atoms with Crippen LogP contribution in [0.2, 0.25) is 0 Å². The van der Waals surface area contributed by atoms with Crippen LogP contribution >= 0.6 is 15.9 Å². The highest BCUT2D eigenvalue weighted by Gasteiger charge is 2.25. The van der Waals surface area contributed by atoms with Crippen molar-refractivity contribution >= 4 is 39.6 Å². The van der Waals surface area contributed by atoms with Crippen molar-refractivity contribution in [1.82, 2.24) is 0 Å². The molecule has 2 aliphatic rings. The van der Waals surface area contributed by atoms with Crippen LogP contribution in [0.5, 0.6) is 11.5 Å². The predicted octanol–water partition coefficient (Wildman–Crippen LogP) is 3.43. The Morgan fingerprint density at radius 3 is 2.54 bits per heavy atom. The maximum atomic E-state index is 12.1. The Kier molecular flexibility index (Phi) is 3.92. The minimum Gasteiger partial charge on any atom is -0.454 e. The molecular formula is C17H9BrN2O6. The van der Waals surface area contributed by atoms with Crippen molar-refractivity contribution in [3.05, 3.63) is 67.8 Å². The molecular weight excluding hydrogens is 408 g/mol. The van der Waals surface area contributed by atoms with E-state index in [4.69, 9.17) is 14.2 Å². The molecule has 9 heteroatoms. The summed E-state index contributed by atoms with van der Waals surface area (Å²) in [4.78, 5) is 26.5. The van der Waals surface area contributed by atoms with Crippen LogP contribution in [-0.2, 0) is 9.53 Å². The van der Waals surface area contributed by atoms with E-state index in [1.54, 1.807) is 18.2 Å². The highest BCUT2D eigenvalue weighted by atomic mass is 79.9. The molecule has 4 rings (SSSR count). The first-order valence-corrected chi connectivity index (χ1v) is 8.17. The Hall–Kier alpha value is -3.20. The van der Waals surface area contributed by atoms with Gasteiger partial charge in [-0.05, 0) is 35.9 Å². The predicted molar refractivity (Wildman–Crippen MR) is 94.0 cm³/mol. The molecule has 2 aromatic carbocycles. The summed E-state index contributed by atoms with van der Waals surface area (Å²) in [7, 11) is 0. The average molecular weight is 417 g/mol. The average Bonchev–Trinajstić information content (AvgIpc) is 3.22. The van der Waals surface area contributed by atoms with Crippen LogP contribution in [0, 0.1) is 10.1 Å². The zero-order chi connectivity index (χ0) is 18.3. The fourth-order valence-corrected chi connectivity index (χ4v) is 2.89. The summed E-state index contributed by atoms with van der Waals surface area (Å²) in [6.45, 7) is 0.145. The summed E-state index contributed by atoms with van der Waals surface area (Å²) in [5.41, 5.74) is 1.20.